The normalized spacial score (nSPS) is 19.7. The molecule has 1 fully saturated rings. The third kappa shape index (κ3) is 4.94. The predicted molar refractivity (Wildman–Crippen MR) is 133 cm³/mol. The Hall–Kier alpha value is -2.51. The Morgan fingerprint density at radius 3 is 2.51 bits per heavy atom. The highest BCUT2D eigenvalue weighted by Gasteiger charge is 2.38. The fourth-order valence-electron chi connectivity index (χ4n) is 5.59. The topological polar surface area (TPSA) is 31.5 Å². The summed E-state index contributed by atoms with van der Waals surface area (Å²) in [5.74, 6) is -0.422. The van der Waals surface area contributed by atoms with Crippen LogP contribution in [0.2, 0.25) is 0 Å². The van der Waals surface area contributed by atoms with Crippen LogP contribution in [0, 0.1) is 17.6 Å². The van der Waals surface area contributed by atoms with Crippen LogP contribution in [0.4, 0.5) is 13.2 Å². The molecule has 1 saturated heterocycles. The number of para-hydroxylation sites is 1. The maximum Gasteiger partial charge on any atom is 0.135 e. The highest BCUT2D eigenvalue weighted by atomic mass is 19.1. The molecule has 7 heteroatoms. The minimum Gasteiger partial charge on any atom is -0.492 e. The summed E-state index contributed by atoms with van der Waals surface area (Å²) in [5.41, 5.74) is 1.11. The van der Waals surface area contributed by atoms with Crippen LogP contribution in [0.15, 0.2) is 36.4 Å². The van der Waals surface area contributed by atoms with Crippen molar-refractivity contribution >= 4 is 10.9 Å². The number of nitrogens with one attached hydrogen (secondary N) is 1. The number of benzene rings is 2. The van der Waals surface area contributed by atoms with Crippen molar-refractivity contribution in [2.24, 2.45) is 5.92 Å². The molecule has 0 spiro atoms. The Morgan fingerprint density at radius 1 is 1.11 bits per heavy atom. The quantitative estimate of drug-likeness (QED) is 0.434. The molecule has 188 valence electrons. The highest BCUT2D eigenvalue weighted by Crippen LogP contribution is 2.41. The summed E-state index contributed by atoms with van der Waals surface area (Å²) in [7, 11) is 0. The number of ether oxygens (including phenoxy) is 1. The van der Waals surface area contributed by atoms with Gasteiger partial charge in [-0.25, -0.2) is 13.2 Å². The molecule has 0 radical (unpaired) electrons. The van der Waals surface area contributed by atoms with E-state index in [4.69, 9.17) is 4.74 Å². The summed E-state index contributed by atoms with van der Waals surface area (Å²) in [6.07, 6.45) is 1.86. The molecule has 0 aliphatic carbocycles. The smallest absolute Gasteiger partial charge is 0.135 e. The number of aromatic amines is 1. The fraction of sp³-hybridized carbons (Fsp3) is 0.500. The number of fused-ring (bicyclic) bond motifs is 3. The van der Waals surface area contributed by atoms with Crippen LogP contribution in [0.5, 0.6) is 5.75 Å². The van der Waals surface area contributed by atoms with Crippen LogP contribution >= 0.6 is 0 Å². The molecule has 2 aromatic carbocycles. The first-order valence-electron chi connectivity index (χ1n) is 12.6. The van der Waals surface area contributed by atoms with Crippen molar-refractivity contribution < 1.29 is 17.9 Å². The van der Waals surface area contributed by atoms with Crippen LogP contribution in [0.3, 0.4) is 0 Å². The molecular weight excluding hydrogens is 451 g/mol. The van der Waals surface area contributed by atoms with Crippen LogP contribution in [-0.4, -0.2) is 59.8 Å². The number of alkyl halides is 1. The molecular formula is C28H34F3N3O. The van der Waals surface area contributed by atoms with Crippen LogP contribution in [0.1, 0.15) is 50.1 Å². The zero-order valence-electron chi connectivity index (χ0n) is 20.7. The van der Waals surface area contributed by atoms with Gasteiger partial charge in [-0.15, -0.1) is 0 Å². The summed E-state index contributed by atoms with van der Waals surface area (Å²) in [6.45, 7) is 8.98. The van der Waals surface area contributed by atoms with E-state index in [-0.39, 0.29) is 17.9 Å². The number of halogens is 3. The van der Waals surface area contributed by atoms with Crippen molar-refractivity contribution in [1.82, 2.24) is 14.8 Å². The van der Waals surface area contributed by atoms with Crippen molar-refractivity contribution in [2.45, 2.75) is 45.3 Å². The van der Waals surface area contributed by atoms with Gasteiger partial charge in [0.05, 0.1) is 6.04 Å². The molecule has 2 aliphatic rings. The monoisotopic (exact) mass is 485 g/mol. The molecule has 1 atom stereocenters. The van der Waals surface area contributed by atoms with E-state index >= 15 is 8.78 Å². The molecule has 0 unspecified atom stereocenters. The van der Waals surface area contributed by atoms with E-state index in [1.807, 2.05) is 29.2 Å². The lowest BCUT2D eigenvalue weighted by atomic mass is 9.90. The Bertz CT molecular complexity index is 1170. The van der Waals surface area contributed by atoms with Crippen LogP contribution in [-0.2, 0) is 6.42 Å². The zero-order chi connectivity index (χ0) is 24.7. The lowest BCUT2D eigenvalue weighted by Crippen LogP contribution is -2.47. The molecule has 3 aromatic rings. The minimum absolute atomic E-state index is 0.0670. The second-order valence-electron chi connectivity index (χ2n) is 10.6. The third-order valence-electron chi connectivity index (χ3n) is 7.33. The van der Waals surface area contributed by atoms with Crippen molar-refractivity contribution in [3.8, 4) is 5.75 Å². The largest absolute Gasteiger partial charge is 0.492 e. The molecule has 0 saturated carbocycles. The first-order valence-corrected chi connectivity index (χ1v) is 12.6. The molecule has 35 heavy (non-hydrogen) atoms. The SMILES string of the molecule is CCC1CN(CCOc2cc(F)c([C@@H]3c4[nH]c5ccccc5c4CCN3CC(C)(C)F)c(F)c2)C1. The molecule has 1 N–H and O–H groups in total. The van der Waals surface area contributed by atoms with Gasteiger partial charge in [0.15, 0.2) is 0 Å². The first kappa shape index (κ1) is 24.2. The standard InChI is InChI=1S/C28H34F3N3O/c1-4-18-15-33(16-18)11-12-35-19-13-22(29)25(23(30)14-19)27-26-21(9-10-34(27)17-28(2,3)31)20-7-5-6-8-24(20)32-26/h5-8,13-14,18,27,32H,4,9-12,15-17H2,1-3H3/t27-/m1/s1. The zero-order valence-corrected chi connectivity index (χ0v) is 20.7. The van der Waals surface area contributed by atoms with Crippen molar-refractivity contribution in [2.75, 3.05) is 39.3 Å². The number of hydrogen-bond donors (Lipinski definition) is 1. The molecule has 1 aromatic heterocycles. The summed E-state index contributed by atoms with van der Waals surface area (Å²) < 4.78 is 51.5. The number of nitrogens with zero attached hydrogens (tertiary/aromatic N) is 2. The van der Waals surface area contributed by atoms with Gasteiger partial charge >= 0.3 is 0 Å². The molecule has 0 amide bonds. The Labute approximate surface area is 205 Å². The number of aromatic nitrogens is 1. The van der Waals surface area contributed by atoms with Crippen molar-refractivity contribution in [3.63, 3.8) is 0 Å². The number of H-pyrrole nitrogens is 1. The van der Waals surface area contributed by atoms with Crippen LogP contribution < -0.4 is 4.74 Å². The van der Waals surface area contributed by atoms with E-state index in [9.17, 15) is 4.39 Å². The second kappa shape index (κ2) is 9.51. The average Bonchev–Trinajstić information content (AvgIpc) is 3.14. The van der Waals surface area contributed by atoms with Crippen molar-refractivity contribution in [1.29, 1.82) is 0 Å². The van der Waals surface area contributed by atoms with Gasteiger partial charge in [0.25, 0.3) is 0 Å². The second-order valence-corrected chi connectivity index (χ2v) is 10.6. The van der Waals surface area contributed by atoms with Gasteiger partial charge in [-0.3, -0.25) is 9.80 Å². The fourth-order valence-corrected chi connectivity index (χ4v) is 5.59. The van der Waals surface area contributed by atoms with Gasteiger partial charge in [-0.2, -0.15) is 0 Å². The average molecular weight is 486 g/mol. The lowest BCUT2D eigenvalue weighted by molar-refractivity contribution is 0.0803. The summed E-state index contributed by atoms with van der Waals surface area (Å²) in [5, 5.41) is 1.05. The molecule has 2 aliphatic heterocycles. The van der Waals surface area contributed by atoms with Gasteiger partial charge in [-0.1, -0.05) is 31.5 Å². The molecule has 4 nitrogen and oxygen atoms in total. The maximum atomic E-state index is 15.5. The van der Waals surface area contributed by atoms with Crippen LogP contribution in [0.25, 0.3) is 10.9 Å². The highest BCUT2D eigenvalue weighted by molar-refractivity contribution is 5.85. The minimum atomic E-state index is -1.51. The van der Waals surface area contributed by atoms with Gasteiger partial charge in [0.1, 0.15) is 29.7 Å². The maximum absolute atomic E-state index is 15.5. The summed E-state index contributed by atoms with van der Waals surface area (Å²) in [6, 6.07) is 9.63. The van der Waals surface area contributed by atoms with E-state index in [2.05, 4.69) is 16.8 Å². The number of likely N-dealkylation sites (tertiary alicyclic amines) is 1. The lowest BCUT2D eigenvalue weighted by Gasteiger charge is -2.39. The Balaban J connectivity index is 1.44. The summed E-state index contributed by atoms with van der Waals surface area (Å²) >= 11 is 0. The molecule has 3 heterocycles. The molecule has 0 bridgehead atoms. The van der Waals surface area contributed by atoms with Gasteiger partial charge in [-0.05, 0) is 37.8 Å². The number of rotatable bonds is 8. The Kier molecular flexibility index (Phi) is 6.57. The van der Waals surface area contributed by atoms with Gasteiger partial charge in [0, 0.05) is 67.0 Å². The van der Waals surface area contributed by atoms with Crippen molar-refractivity contribution in [3.05, 3.63) is 64.9 Å². The summed E-state index contributed by atoms with van der Waals surface area (Å²) in [4.78, 5) is 7.51. The predicted octanol–water partition coefficient (Wildman–Crippen LogP) is 5.86. The van der Waals surface area contributed by atoms with Gasteiger partial charge < -0.3 is 9.72 Å². The van der Waals surface area contributed by atoms with E-state index in [0.29, 0.717) is 19.6 Å². The first-order chi connectivity index (χ1) is 16.7. The van der Waals surface area contributed by atoms with E-state index < -0.39 is 23.3 Å². The van der Waals surface area contributed by atoms with Gasteiger partial charge in [0.2, 0.25) is 0 Å². The molecule has 5 rings (SSSR count). The van der Waals surface area contributed by atoms with E-state index in [0.717, 1.165) is 47.7 Å². The van der Waals surface area contributed by atoms with E-state index in [1.165, 1.54) is 32.4 Å². The van der Waals surface area contributed by atoms with E-state index in [1.54, 1.807) is 0 Å². The number of hydrogen-bond acceptors (Lipinski definition) is 3. The third-order valence-corrected chi connectivity index (χ3v) is 7.33. The Morgan fingerprint density at radius 2 is 1.83 bits per heavy atom.